The molecule has 0 saturated heterocycles. The van der Waals surface area contributed by atoms with Gasteiger partial charge in [-0.25, -0.2) is 0 Å². The zero-order valence-corrected chi connectivity index (χ0v) is 29.6. The van der Waals surface area contributed by atoms with Gasteiger partial charge in [-0.2, -0.15) is 0 Å². The van der Waals surface area contributed by atoms with Gasteiger partial charge in [-0.15, -0.1) is 0 Å². The molecule has 1 aromatic heterocycles. The molecule has 0 aliphatic rings. The summed E-state index contributed by atoms with van der Waals surface area (Å²) in [7, 11) is 0. The largest absolute Gasteiger partial charge is 0.456 e. The zero-order valence-electron chi connectivity index (χ0n) is 46.6. The number of benzene rings is 12. The normalized spacial score (nSPS) is 16.4. The standard InChI is InChI=1S/C56H32O/c1-2-8-33(9-3-1)46-31-47(40-24-29-52-50(30-40)43-14-4-5-15-51(43)57-52)49(42-26-21-39-19-17-35-11-7-13-37-23-28-45(42)56(39)54(35)37)32-48(46)41-25-20-38-18-16-34-10-6-12-36-22-27-44(41)55(38)53(34)36/h1-32H/i6D,7D,10D,11D,12D,13D,16D,17D,18D,19D,21D,22D,23D,25D,26D,27D,28D. The number of rotatable bonds is 4. The molecule has 0 aliphatic carbocycles. The van der Waals surface area contributed by atoms with Crippen LogP contribution in [0.15, 0.2) is 198 Å². The lowest BCUT2D eigenvalue weighted by molar-refractivity contribution is 0.669. The third-order valence-electron chi connectivity index (χ3n) is 11.2. The summed E-state index contributed by atoms with van der Waals surface area (Å²) in [6, 6.07) is 18.6. The Labute approximate surface area is 352 Å². The van der Waals surface area contributed by atoms with Crippen molar-refractivity contribution in [3.8, 4) is 44.5 Å². The average molecular weight is 738 g/mol. The first-order chi connectivity index (χ1) is 35.3. The first-order valence-electron chi connectivity index (χ1n) is 26.9. The molecule has 13 aromatic rings. The van der Waals surface area contributed by atoms with Crippen LogP contribution in [0, 0.1) is 0 Å². The number of hydrogen-bond acceptors (Lipinski definition) is 1. The Balaban J connectivity index is 1.28. The Kier molecular flexibility index (Phi) is 3.82. The lowest BCUT2D eigenvalue weighted by Crippen LogP contribution is -1.95. The highest BCUT2D eigenvalue weighted by molar-refractivity contribution is 6.28. The molecular weight excluding hydrogens is 689 g/mol. The van der Waals surface area contributed by atoms with Crippen LogP contribution >= 0.6 is 0 Å². The maximum atomic E-state index is 9.97. The molecule has 0 N–H and O–H groups in total. The number of hydrogen-bond donors (Lipinski definition) is 0. The molecular formula is C56H32O. The van der Waals surface area contributed by atoms with E-state index in [1.54, 1.807) is 12.1 Å². The maximum Gasteiger partial charge on any atom is 0.135 e. The summed E-state index contributed by atoms with van der Waals surface area (Å²) >= 11 is 0. The van der Waals surface area contributed by atoms with Crippen LogP contribution in [0.25, 0.3) is 131 Å². The third-order valence-corrected chi connectivity index (χ3v) is 11.2. The van der Waals surface area contributed by atoms with Gasteiger partial charge in [-0.05, 0) is 139 Å². The Bertz CT molecular complexity index is 4690. The zero-order chi connectivity index (χ0) is 52.0. The van der Waals surface area contributed by atoms with Crippen molar-refractivity contribution < 1.29 is 27.7 Å². The summed E-state index contributed by atoms with van der Waals surface area (Å²) in [5.41, 5.74) is 3.63. The van der Waals surface area contributed by atoms with Crippen molar-refractivity contribution in [1.29, 1.82) is 0 Å². The molecule has 13 rings (SSSR count). The molecule has 0 amide bonds. The molecule has 262 valence electrons. The van der Waals surface area contributed by atoms with Crippen molar-refractivity contribution in [2.75, 3.05) is 0 Å². The molecule has 0 bridgehead atoms. The van der Waals surface area contributed by atoms with Crippen molar-refractivity contribution >= 4 is 86.6 Å². The second-order valence-corrected chi connectivity index (χ2v) is 14.2. The van der Waals surface area contributed by atoms with E-state index in [9.17, 15) is 12.3 Å². The second kappa shape index (κ2) is 11.5. The van der Waals surface area contributed by atoms with Crippen LogP contribution in [0.2, 0.25) is 0 Å². The summed E-state index contributed by atoms with van der Waals surface area (Å²) in [5, 5.41) is 0.667. The molecule has 0 fully saturated rings. The Hall–Kier alpha value is -7.48. The van der Waals surface area contributed by atoms with Crippen molar-refractivity contribution in [2.45, 2.75) is 0 Å². The van der Waals surface area contributed by atoms with Crippen LogP contribution in [0.4, 0.5) is 0 Å². The molecule has 1 heterocycles. The van der Waals surface area contributed by atoms with E-state index in [1.807, 2.05) is 72.8 Å². The molecule has 1 heteroatoms. The Morgan fingerprint density at radius 1 is 0.298 bits per heavy atom. The molecule has 0 atom stereocenters. The number of para-hydroxylation sites is 1. The van der Waals surface area contributed by atoms with Gasteiger partial charge in [0, 0.05) is 10.8 Å². The highest BCUT2D eigenvalue weighted by Gasteiger charge is 2.22. The van der Waals surface area contributed by atoms with Gasteiger partial charge < -0.3 is 4.42 Å². The molecule has 57 heavy (non-hydrogen) atoms. The predicted molar refractivity (Wildman–Crippen MR) is 243 cm³/mol. The van der Waals surface area contributed by atoms with Gasteiger partial charge in [0.2, 0.25) is 0 Å². The fourth-order valence-corrected chi connectivity index (χ4v) is 8.61. The number of fused-ring (bicyclic) bond motifs is 3. The minimum Gasteiger partial charge on any atom is -0.456 e. The van der Waals surface area contributed by atoms with Crippen LogP contribution < -0.4 is 0 Å². The van der Waals surface area contributed by atoms with Crippen LogP contribution in [0.1, 0.15) is 23.3 Å². The van der Waals surface area contributed by atoms with Crippen LogP contribution in [-0.4, -0.2) is 0 Å². The highest BCUT2D eigenvalue weighted by Crippen LogP contribution is 2.49. The average Bonchev–Trinajstić information content (AvgIpc) is 3.78. The van der Waals surface area contributed by atoms with Crippen molar-refractivity contribution in [2.24, 2.45) is 0 Å². The van der Waals surface area contributed by atoms with Crippen molar-refractivity contribution in [3.05, 3.63) is 194 Å². The predicted octanol–water partition coefficient (Wildman–Crippen LogP) is 16.0. The second-order valence-electron chi connectivity index (χ2n) is 14.2. The molecule has 12 aromatic carbocycles. The van der Waals surface area contributed by atoms with E-state index in [2.05, 4.69) is 0 Å². The van der Waals surface area contributed by atoms with Gasteiger partial charge in [-0.3, -0.25) is 0 Å². The molecule has 0 unspecified atom stereocenters. The quantitative estimate of drug-likeness (QED) is 0.164. The Morgan fingerprint density at radius 2 is 0.825 bits per heavy atom. The smallest absolute Gasteiger partial charge is 0.135 e. The third kappa shape index (κ3) is 4.40. The van der Waals surface area contributed by atoms with E-state index in [-0.39, 0.29) is 99.0 Å². The fourth-order valence-electron chi connectivity index (χ4n) is 8.61. The summed E-state index contributed by atoms with van der Waals surface area (Å²) in [4.78, 5) is 0. The minimum absolute atomic E-state index is 0.0116. The van der Waals surface area contributed by atoms with Gasteiger partial charge in [0.25, 0.3) is 0 Å². The van der Waals surface area contributed by atoms with Gasteiger partial charge in [0.05, 0.1) is 23.3 Å². The summed E-state index contributed by atoms with van der Waals surface area (Å²) in [6.07, 6.45) is 0. The van der Waals surface area contributed by atoms with Crippen LogP contribution in [0.3, 0.4) is 0 Å². The van der Waals surface area contributed by atoms with Gasteiger partial charge in [0.1, 0.15) is 11.2 Å². The fraction of sp³-hybridized carbons (Fsp3) is 0. The first-order valence-corrected chi connectivity index (χ1v) is 18.4. The molecule has 0 radical (unpaired) electrons. The van der Waals surface area contributed by atoms with E-state index >= 15 is 0 Å². The van der Waals surface area contributed by atoms with Crippen LogP contribution in [-0.2, 0) is 0 Å². The Morgan fingerprint density at radius 3 is 1.54 bits per heavy atom. The first kappa shape index (κ1) is 18.9. The van der Waals surface area contributed by atoms with E-state index in [1.165, 1.54) is 6.07 Å². The van der Waals surface area contributed by atoms with E-state index in [0.29, 0.717) is 33.4 Å². The molecule has 0 spiro atoms. The van der Waals surface area contributed by atoms with Crippen molar-refractivity contribution in [3.63, 3.8) is 0 Å². The maximum absolute atomic E-state index is 9.97. The van der Waals surface area contributed by atoms with E-state index in [4.69, 9.17) is 15.4 Å². The molecule has 1 nitrogen and oxygen atoms in total. The number of furan rings is 1. The highest BCUT2D eigenvalue weighted by atomic mass is 16.3. The van der Waals surface area contributed by atoms with E-state index in [0.717, 1.165) is 10.8 Å². The lowest BCUT2D eigenvalue weighted by Gasteiger charge is -2.22. The SMILES string of the molecule is [2H]c1cc2c([2H])c([2H])c3c([2H])c([2H])c([2H])c4c([2H])c([2H])c(c1-c1cc(-c5c([2H])c([2H])c6c([2H])c([2H])c7c([2H])c([2H])c([2H])c8c([2H])c([2H])c5c6c78)c(-c5ccc6oc7ccccc7c6c5)cc1-c1ccccc1)c2c34. The van der Waals surface area contributed by atoms with E-state index < -0.39 is 90.6 Å². The van der Waals surface area contributed by atoms with Crippen LogP contribution in [0.5, 0.6) is 0 Å². The van der Waals surface area contributed by atoms with Gasteiger partial charge in [-0.1, -0.05) is 163 Å². The summed E-state index contributed by atoms with van der Waals surface area (Å²) < 4.78 is 164. The molecule has 0 saturated carbocycles. The summed E-state index contributed by atoms with van der Waals surface area (Å²) in [6.45, 7) is 0. The molecule has 0 aliphatic heterocycles. The minimum atomic E-state index is -0.603. The monoisotopic (exact) mass is 737 g/mol. The van der Waals surface area contributed by atoms with Crippen molar-refractivity contribution in [1.82, 2.24) is 0 Å². The lowest BCUT2D eigenvalue weighted by atomic mass is 9.81. The van der Waals surface area contributed by atoms with Gasteiger partial charge >= 0.3 is 0 Å². The van der Waals surface area contributed by atoms with Gasteiger partial charge in [0.15, 0.2) is 0 Å². The topological polar surface area (TPSA) is 13.1 Å². The summed E-state index contributed by atoms with van der Waals surface area (Å²) in [5.74, 6) is 0.